The van der Waals surface area contributed by atoms with Crippen LogP contribution in [0.5, 0.6) is 17.2 Å². The third-order valence-corrected chi connectivity index (χ3v) is 2.22. The Bertz CT molecular complexity index is 378. The SMILES string of the molecule is CCOC(=N)c1cc(OC)c(OC)c(OC)c1. The lowest BCUT2D eigenvalue weighted by Gasteiger charge is -2.14. The fourth-order valence-electron chi connectivity index (χ4n) is 1.44. The van der Waals surface area contributed by atoms with Crippen molar-refractivity contribution in [1.82, 2.24) is 0 Å². The monoisotopic (exact) mass is 239 g/mol. The van der Waals surface area contributed by atoms with E-state index in [1.165, 1.54) is 21.3 Å². The Morgan fingerprint density at radius 3 is 1.94 bits per heavy atom. The molecule has 0 amide bonds. The summed E-state index contributed by atoms with van der Waals surface area (Å²) in [4.78, 5) is 0. The summed E-state index contributed by atoms with van der Waals surface area (Å²) >= 11 is 0. The van der Waals surface area contributed by atoms with Crippen molar-refractivity contribution in [3.63, 3.8) is 0 Å². The van der Waals surface area contributed by atoms with Crippen molar-refractivity contribution in [3.8, 4) is 17.2 Å². The molecule has 0 fully saturated rings. The van der Waals surface area contributed by atoms with Gasteiger partial charge in [0.15, 0.2) is 11.5 Å². The van der Waals surface area contributed by atoms with Gasteiger partial charge in [-0.3, -0.25) is 5.41 Å². The molecule has 0 heterocycles. The Morgan fingerprint density at radius 1 is 1.06 bits per heavy atom. The first-order chi connectivity index (χ1) is 8.17. The Labute approximate surface area is 101 Å². The van der Waals surface area contributed by atoms with Gasteiger partial charge in [0.2, 0.25) is 11.6 Å². The summed E-state index contributed by atoms with van der Waals surface area (Å²) in [6.45, 7) is 2.27. The van der Waals surface area contributed by atoms with Crippen LogP contribution in [0.15, 0.2) is 12.1 Å². The lowest BCUT2D eigenvalue weighted by molar-refractivity contribution is 0.318. The smallest absolute Gasteiger partial charge is 0.213 e. The van der Waals surface area contributed by atoms with Crippen molar-refractivity contribution in [3.05, 3.63) is 17.7 Å². The van der Waals surface area contributed by atoms with Crippen LogP contribution in [0.25, 0.3) is 0 Å². The van der Waals surface area contributed by atoms with Gasteiger partial charge in [-0.2, -0.15) is 0 Å². The van der Waals surface area contributed by atoms with Gasteiger partial charge < -0.3 is 18.9 Å². The number of rotatable bonds is 5. The highest BCUT2D eigenvalue weighted by molar-refractivity contribution is 5.93. The molecule has 0 radical (unpaired) electrons. The highest BCUT2D eigenvalue weighted by Gasteiger charge is 2.15. The molecule has 0 spiro atoms. The van der Waals surface area contributed by atoms with Gasteiger partial charge in [0, 0.05) is 5.56 Å². The molecule has 1 rings (SSSR count). The minimum atomic E-state index is 0.0757. The molecule has 0 aliphatic carbocycles. The van der Waals surface area contributed by atoms with Crippen molar-refractivity contribution in [1.29, 1.82) is 5.41 Å². The summed E-state index contributed by atoms with van der Waals surface area (Å²) in [6, 6.07) is 3.36. The van der Waals surface area contributed by atoms with E-state index >= 15 is 0 Å². The molecule has 0 bridgehead atoms. The van der Waals surface area contributed by atoms with E-state index in [0.29, 0.717) is 29.4 Å². The summed E-state index contributed by atoms with van der Waals surface area (Å²) in [6.07, 6.45) is 0. The number of ether oxygens (including phenoxy) is 4. The predicted octanol–water partition coefficient (Wildman–Crippen LogP) is 2.07. The fourth-order valence-corrected chi connectivity index (χ4v) is 1.44. The standard InChI is InChI=1S/C12H17NO4/c1-5-17-12(13)8-6-9(14-2)11(16-4)10(7-8)15-3/h6-7,13H,5H2,1-4H3. The largest absolute Gasteiger partial charge is 0.493 e. The van der Waals surface area contributed by atoms with E-state index in [4.69, 9.17) is 24.4 Å². The average Bonchev–Trinajstić information content (AvgIpc) is 2.37. The molecule has 1 N–H and O–H groups in total. The topological polar surface area (TPSA) is 60.8 Å². The van der Waals surface area contributed by atoms with E-state index in [2.05, 4.69) is 0 Å². The van der Waals surface area contributed by atoms with Gasteiger partial charge in [-0.05, 0) is 19.1 Å². The second-order valence-electron chi connectivity index (χ2n) is 3.18. The first-order valence-corrected chi connectivity index (χ1v) is 5.19. The van der Waals surface area contributed by atoms with Gasteiger partial charge >= 0.3 is 0 Å². The van der Waals surface area contributed by atoms with Crippen molar-refractivity contribution < 1.29 is 18.9 Å². The first kappa shape index (κ1) is 13.2. The summed E-state index contributed by atoms with van der Waals surface area (Å²) < 4.78 is 20.7. The van der Waals surface area contributed by atoms with E-state index in [9.17, 15) is 0 Å². The zero-order valence-electron chi connectivity index (χ0n) is 10.5. The average molecular weight is 239 g/mol. The Morgan fingerprint density at radius 2 is 1.59 bits per heavy atom. The predicted molar refractivity (Wildman–Crippen MR) is 64.6 cm³/mol. The molecule has 5 nitrogen and oxygen atoms in total. The molecule has 0 saturated heterocycles. The summed E-state index contributed by atoms with van der Waals surface area (Å²) in [5.41, 5.74) is 0.585. The maximum atomic E-state index is 7.73. The van der Waals surface area contributed by atoms with Gasteiger partial charge in [0.05, 0.1) is 27.9 Å². The minimum Gasteiger partial charge on any atom is -0.493 e. The van der Waals surface area contributed by atoms with Gasteiger partial charge in [0.25, 0.3) is 0 Å². The van der Waals surface area contributed by atoms with E-state index in [0.717, 1.165) is 0 Å². The molecule has 0 unspecified atom stereocenters. The molecule has 0 aromatic heterocycles. The van der Waals surface area contributed by atoms with Crippen LogP contribution in [0.3, 0.4) is 0 Å². The van der Waals surface area contributed by atoms with Crippen molar-refractivity contribution in [2.75, 3.05) is 27.9 Å². The lowest BCUT2D eigenvalue weighted by atomic mass is 10.2. The van der Waals surface area contributed by atoms with Crippen LogP contribution in [0, 0.1) is 5.41 Å². The number of nitrogens with one attached hydrogen (secondary N) is 1. The van der Waals surface area contributed by atoms with Crippen LogP contribution >= 0.6 is 0 Å². The molecule has 94 valence electrons. The van der Waals surface area contributed by atoms with Crippen molar-refractivity contribution >= 4 is 5.90 Å². The quantitative estimate of drug-likeness (QED) is 0.631. The third kappa shape index (κ3) is 2.81. The van der Waals surface area contributed by atoms with Crippen LogP contribution in [0.2, 0.25) is 0 Å². The lowest BCUT2D eigenvalue weighted by Crippen LogP contribution is -2.06. The van der Waals surface area contributed by atoms with E-state index in [1.807, 2.05) is 6.92 Å². The second kappa shape index (κ2) is 5.98. The van der Waals surface area contributed by atoms with Gasteiger partial charge in [-0.1, -0.05) is 0 Å². The molecule has 0 atom stereocenters. The van der Waals surface area contributed by atoms with Crippen molar-refractivity contribution in [2.24, 2.45) is 0 Å². The third-order valence-electron chi connectivity index (χ3n) is 2.22. The maximum absolute atomic E-state index is 7.73. The Balaban J connectivity index is 3.22. The Hall–Kier alpha value is -1.91. The second-order valence-corrected chi connectivity index (χ2v) is 3.18. The van der Waals surface area contributed by atoms with Crippen LogP contribution in [-0.4, -0.2) is 33.8 Å². The summed E-state index contributed by atoms with van der Waals surface area (Å²) in [7, 11) is 4.60. The highest BCUT2D eigenvalue weighted by atomic mass is 16.5. The molecule has 1 aromatic carbocycles. The molecule has 1 aromatic rings. The van der Waals surface area contributed by atoms with Gasteiger partial charge in [-0.25, -0.2) is 0 Å². The summed E-state index contributed by atoms with van der Waals surface area (Å²) in [5.74, 6) is 1.59. The molecule has 5 heteroatoms. The molecule has 0 aliphatic heterocycles. The van der Waals surface area contributed by atoms with E-state index in [1.54, 1.807) is 12.1 Å². The van der Waals surface area contributed by atoms with Gasteiger partial charge in [-0.15, -0.1) is 0 Å². The molecule has 0 saturated carbocycles. The number of hydrogen-bond donors (Lipinski definition) is 1. The zero-order chi connectivity index (χ0) is 12.8. The summed E-state index contributed by atoms with van der Waals surface area (Å²) in [5, 5.41) is 7.73. The molecule has 0 aliphatic rings. The number of hydrogen-bond acceptors (Lipinski definition) is 5. The van der Waals surface area contributed by atoms with Crippen molar-refractivity contribution in [2.45, 2.75) is 6.92 Å². The normalized spacial score (nSPS) is 9.65. The van der Waals surface area contributed by atoms with Gasteiger partial charge in [0.1, 0.15) is 0 Å². The number of methoxy groups -OCH3 is 3. The zero-order valence-corrected chi connectivity index (χ0v) is 10.5. The van der Waals surface area contributed by atoms with Crippen LogP contribution in [0.4, 0.5) is 0 Å². The molecular formula is C12H17NO4. The maximum Gasteiger partial charge on any atom is 0.213 e. The number of benzene rings is 1. The highest BCUT2D eigenvalue weighted by Crippen LogP contribution is 2.38. The fraction of sp³-hybridized carbons (Fsp3) is 0.417. The minimum absolute atomic E-state index is 0.0757. The van der Waals surface area contributed by atoms with Crippen LogP contribution in [-0.2, 0) is 4.74 Å². The molecule has 17 heavy (non-hydrogen) atoms. The van der Waals surface area contributed by atoms with E-state index < -0.39 is 0 Å². The first-order valence-electron chi connectivity index (χ1n) is 5.19. The molecular weight excluding hydrogens is 222 g/mol. The van der Waals surface area contributed by atoms with Crippen LogP contribution in [0.1, 0.15) is 12.5 Å². The Kier molecular flexibility index (Phi) is 4.63. The van der Waals surface area contributed by atoms with E-state index in [-0.39, 0.29) is 5.90 Å². The van der Waals surface area contributed by atoms with Crippen LogP contribution < -0.4 is 14.2 Å².